The number of rotatable bonds is 12. The Morgan fingerprint density at radius 3 is 1.56 bits per heavy atom. The quantitative estimate of drug-likeness (QED) is 0.104. The van der Waals surface area contributed by atoms with E-state index in [0.717, 1.165) is 21.8 Å². The predicted octanol–water partition coefficient (Wildman–Crippen LogP) is 0.0575. The van der Waals surface area contributed by atoms with Gasteiger partial charge in [0.2, 0.25) is 23.7 Å². The first-order chi connectivity index (χ1) is 24.7. The molecule has 6 N–H and O–H groups in total. The highest BCUT2D eigenvalue weighted by Crippen LogP contribution is 2.45. The summed E-state index contributed by atoms with van der Waals surface area (Å²) in [6, 6.07) is 0. The van der Waals surface area contributed by atoms with Crippen LogP contribution in [0, 0.1) is 11.8 Å². The summed E-state index contributed by atoms with van der Waals surface area (Å²) in [6.07, 6.45) is -12.0. The van der Waals surface area contributed by atoms with Crippen LogP contribution >= 0.6 is 8.25 Å². The molecule has 2 aliphatic heterocycles. The molecule has 282 valence electrons. The predicted molar refractivity (Wildman–Crippen MR) is 174 cm³/mol. The Kier molecular flexibility index (Phi) is 10.6. The van der Waals surface area contributed by atoms with Crippen molar-refractivity contribution in [2.24, 2.45) is 11.8 Å². The Morgan fingerprint density at radius 1 is 0.827 bits per heavy atom. The Bertz CT molecular complexity index is 1980. The van der Waals surface area contributed by atoms with Crippen LogP contribution < -0.4 is 21.8 Å². The van der Waals surface area contributed by atoms with Gasteiger partial charge in [-0.15, -0.1) is 0 Å². The largest absolute Gasteiger partial charge is 0.394 e. The summed E-state index contributed by atoms with van der Waals surface area (Å²) in [5.41, 5.74) is -2.36. The number of aromatic amines is 2. The van der Waals surface area contributed by atoms with Gasteiger partial charge >= 0.3 is 8.25 Å². The third kappa shape index (κ3) is 6.99. The van der Waals surface area contributed by atoms with E-state index >= 15 is 8.78 Å². The molecule has 0 aliphatic carbocycles. The van der Waals surface area contributed by atoms with E-state index < -0.39 is 105 Å². The van der Waals surface area contributed by atoms with Crippen LogP contribution in [-0.4, -0.2) is 111 Å². The van der Waals surface area contributed by atoms with Gasteiger partial charge in [0.1, 0.15) is 24.4 Å². The minimum atomic E-state index is -3.93. The molecular formula is C28H35F2N10O11P. The first-order valence-electron chi connectivity index (χ1n) is 16.0. The number of aliphatic hydroxyl groups excluding tert-OH is 2. The molecule has 2 amide bonds. The van der Waals surface area contributed by atoms with Crippen LogP contribution in [0.4, 0.5) is 20.7 Å². The molecule has 24 heteroatoms. The Labute approximate surface area is 291 Å². The normalized spacial score (nSPS) is 26.9. The SMILES string of the molecule is CC(C)C(=O)Nc1nc2c(ncn2C2O[C@H](CO)[C@H](F)C2O[PH](=O)OC2C(n3cnc4c(=O)[nH]c(NC(=O)C(C)C)nc43)O[C@H](CO)[C@@H]2F)c(=O)[nH]1. The number of hydrogen-bond acceptors (Lipinski definition) is 15. The first-order valence-corrected chi connectivity index (χ1v) is 17.2. The molecule has 6 rings (SSSR count). The van der Waals surface area contributed by atoms with Crippen LogP contribution in [-0.2, 0) is 32.7 Å². The van der Waals surface area contributed by atoms with E-state index in [9.17, 15) is 34.0 Å². The van der Waals surface area contributed by atoms with Crippen LogP contribution in [0.5, 0.6) is 0 Å². The number of carbonyl (C=O) groups is 2. The van der Waals surface area contributed by atoms with E-state index in [1.807, 2.05) is 0 Å². The number of imidazole rings is 2. The summed E-state index contributed by atoms with van der Waals surface area (Å²) in [4.78, 5) is 71.1. The van der Waals surface area contributed by atoms with Gasteiger partial charge in [-0.2, -0.15) is 9.97 Å². The maximum Gasteiger partial charge on any atom is 0.320 e. The molecular weight excluding hydrogens is 721 g/mol. The van der Waals surface area contributed by atoms with Crippen LogP contribution in [0.15, 0.2) is 22.2 Å². The number of aromatic nitrogens is 8. The number of fused-ring (bicyclic) bond motifs is 2. The van der Waals surface area contributed by atoms with Crippen LogP contribution in [0.1, 0.15) is 40.2 Å². The summed E-state index contributed by atoms with van der Waals surface area (Å²) in [5.74, 6) is -2.39. The zero-order valence-corrected chi connectivity index (χ0v) is 28.9. The zero-order valence-electron chi connectivity index (χ0n) is 27.9. The number of nitrogens with zero attached hydrogens (tertiary/aromatic N) is 6. The number of anilines is 2. The smallest absolute Gasteiger partial charge is 0.320 e. The number of alkyl halides is 2. The van der Waals surface area contributed by atoms with Gasteiger partial charge in [-0.1, -0.05) is 27.7 Å². The molecule has 4 unspecified atom stereocenters. The molecule has 2 saturated heterocycles. The highest BCUT2D eigenvalue weighted by Gasteiger charge is 2.51. The highest BCUT2D eigenvalue weighted by atomic mass is 31.1. The number of nitrogens with one attached hydrogen (secondary N) is 4. The third-order valence-electron chi connectivity index (χ3n) is 8.30. The number of H-pyrrole nitrogens is 2. The van der Waals surface area contributed by atoms with Crippen LogP contribution in [0.3, 0.4) is 0 Å². The van der Waals surface area contributed by atoms with Gasteiger partial charge in [0.05, 0.1) is 25.9 Å². The van der Waals surface area contributed by atoms with Crippen molar-refractivity contribution in [1.29, 1.82) is 0 Å². The van der Waals surface area contributed by atoms with Crippen molar-refractivity contribution < 1.29 is 51.7 Å². The molecule has 4 aromatic heterocycles. The lowest BCUT2D eigenvalue weighted by molar-refractivity contribution is -0.119. The minimum absolute atomic E-state index is 0.190. The van der Waals surface area contributed by atoms with Crippen molar-refractivity contribution in [1.82, 2.24) is 39.0 Å². The van der Waals surface area contributed by atoms with Crippen molar-refractivity contribution in [3.63, 3.8) is 0 Å². The second-order valence-corrected chi connectivity index (χ2v) is 13.5. The fourth-order valence-corrected chi connectivity index (χ4v) is 6.49. The molecule has 21 nitrogen and oxygen atoms in total. The summed E-state index contributed by atoms with van der Waals surface area (Å²) in [6.45, 7) is 4.75. The van der Waals surface area contributed by atoms with Crippen molar-refractivity contribution in [3.8, 4) is 0 Å². The van der Waals surface area contributed by atoms with E-state index in [4.69, 9.17) is 18.5 Å². The maximum absolute atomic E-state index is 15.7. The molecule has 0 saturated carbocycles. The molecule has 2 fully saturated rings. The Balaban J connectivity index is 1.28. The maximum atomic E-state index is 15.7. The number of aliphatic hydroxyl groups is 2. The fraction of sp³-hybridized carbons (Fsp3) is 0.571. The number of halogens is 2. The summed E-state index contributed by atoms with van der Waals surface area (Å²) < 4.78 is 69.3. The van der Waals surface area contributed by atoms with Crippen molar-refractivity contribution in [2.75, 3.05) is 23.8 Å². The average molecular weight is 757 g/mol. The van der Waals surface area contributed by atoms with Gasteiger partial charge in [0, 0.05) is 11.8 Å². The lowest BCUT2D eigenvalue weighted by atomic mass is 10.1. The van der Waals surface area contributed by atoms with Crippen LogP contribution in [0.2, 0.25) is 0 Å². The first kappa shape index (κ1) is 37.3. The molecule has 6 heterocycles. The number of hydrogen-bond donors (Lipinski definition) is 6. The topological polar surface area (TPSA) is 280 Å². The highest BCUT2D eigenvalue weighted by molar-refractivity contribution is 7.33. The molecule has 0 bridgehead atoms. The van der Waals surface area contributed by atoms with Gasteiger partial charge < -0.3 is 19.7 Å². The molecule has 52 heavy (non-hydrogen) atoms. The van der Waals surface area contributed by atoms with Gasteiger partial charge in [-0.05, 0) is 0 Å². The molecule has 0 radical (unpaired) electrons. The zero-order chi connectivity index (χ0) is 37.6. The molecule has 0 spiro atoms. The summed E-state index contributed by atoms with van der Waals surface area (Å²) in [7, 11) is -3.93. The number of ether oxygens (including phenoxy) is 2. The second-order valence-electron chi connectivity index (χ2n) is 12.6. The second kappa shape index (κ2) is 14.8. The van der Waals surface area contributed by atoms with E-state index in [0.29, 0.717) is 0 Å². The molecule has 8 atom stereocenters. The van der Waals surface area contributed by atoms with E-state index in [1.54, 1.807) is 27.7 Å². The lowest BCUT2D eigenvalue weighted by Gasteiger charge is -2.24. The van der Waals surface area contributed by atoms with Gasteiger partial charge in [-0.25, -0.2) is 18.7 Å². The fourth-order valence-electron chi connectivity index (χ4n) is 5.50. The Hall–Kier alpha value is -4.51. The van der Waals surface area contributed by atoms with E-state index in [-0.39, 0.29) is 34.2 Å². The molecule has 4 aromatic rings. The summed E-state index contributed by atoms with van der Waals surface area (Å²) in [5, 5.41) is 24.5. The monoisotopic (exact) mass is 756 g/mol. The van der Waals surface area contributed by atoms with Crippen molar-refractivity contribution >= 4 is 54.3 Å². The van der Waals surface area contributed by atoms with Gasteiger partial charge in [0.15, 0.2) is 47.1 Å². The molecule has 2 aliphatic rings. The lowest BCUT2D eigenvalue weighted by Crippen LogP contribution is -2.33. The standard InChI is InChI=1S/C28H35F2N10O11P/c1-9(2)21(43)35-27-33-19-15(23(45)37-27)31-7-39(19)25-17(13(29)11(5-41)48-25)50-52(47)51-18-14(30)12(6-42)49-26(18)40-8-32-16-20(40)34-28(38-24(16)46)36-22(44)10(3)4/h7-14,17-18,25-26,41-42,52H,5-6H2,1-4H3,(H2,33,35,37,43,45)(H2,34,36,38,44,46)/t11-,12-,13+,14+,17?,18?,25?,26?/m1/s1. The van der Waals surface area contributed by atoms with Gasteiger partial charge in [-0.3, -0.25) is 62.5 Å². The van der Waals surface area contributed by atoms with Gasteiger partial charge in [0.25, 0.3) is 11.1 Å². The van der Waals surface area contributed by atoms with E-state index in [1.165, 1.54) is 0 Å². The minimum Gasteiger partial charge on any atom is -0.394 e. The average Bonchev–Trinajstić information content (AvgIpc) is 3.85. The van der Waals surface area contributed by atoms with E-state index in [2.05, 4.69) is 40.5 Å². The number of carbonyl (C=O) groups excluding carboxylic acids is 2. The summed E-state index contributed by atoms with van der Waals surface area (Å²) >= 11 is 0. The molecule has 0 aromatic carbocycles. The van der Waals surface area contributed by atoms with Crippen LogP contribution in [0.25, 0.3) is 22.3 Å². The Morgan fingerprint density at radius 2 is 1.21 bits per heavy atom. The third-order valence-corrected chi connectivity index (χ3v) is 9.23. The number of amides is 2. The van der Waals surface area contributed by atoms with Crippen molar-refractivity contribution in [2.45, 2.75) is 76.9 Å². The van der Waals surface area contributed by atoms with Crippen molar-refractivity contribution in [3.05, 3.63) is 33.4 Å².